The lowest BCUT2D eigenvalue weighted by molar-refractivity contribution is -0.123. The molecule has 1 saturated heterocycles. The first-order valence-corrected chi connectivity index (χ1v) is 4.91. The average Bonchev–Trinajstić information content (AvgIpc) is 2.60. The lowest BCUT2D eigenvalue weighted by Crippen LogP contribution is -2.35. The zero-order valence-corrected chi connectivity index (χ0v) is 8.58. The van der Waals surface area contributed by atoms with Crippen LogP contribution in [0.4, 0.5) is 0 Å². The van der Waals surface area contributed by atoms with Gasteiger partial charge >= 0.3 is 0 Å². The number of benzene rings is 1. The van der Waals surface area contributed by atoms with Gasteiger partial charge < -0.3 is 5.11 Å². The van der Waals surface area contributed by atoms with Gasteiger partial charge in [0.05, 0.1) is 12.0 Å². The Kier molecular flexibility index (Phi) is 2.46. The minimum atomic E-state index is -0.584. The molecule has 1 aliphatic rings. The second-order valence-electron chi connectivity index (χ2n) is 3.96. The smallest absolute Gasteiger partial charge is 0.245 e. The van der Waals surface area contributed by atoms with E-state index in [4.69, 9.17) is 0 Å². The second kappa shape index (κ2) is 3.64. The lowest BCUT2D eigenvalue weighted by atomic mass is 9.80. The number of hydrogen-bond donors (Lipinski definition) is 3. The van der Waals surface area contributed by atoms with Crippen molar-refractivity contribution < 1.29 is 9.90 Å². The number of amides is 1. The van der Waals surface area contributed by atoms with Crippen molar-refractivity contribution in [2.75, 3.05) is 6.54 Å². The van der Waals surface area contributed by atoms with Crippen LogP contribution in [-0.2, 0) is 16.8 Å². The Morgan fingerprint density at radius 3 is 2.80 bits per heavy atom. The fraction of sp³-hybridized carbons (Fsp3) is 0.364. The Morgan fingerprint density at radius 1 is 1.47 bits per heavy atom. The number of hydrazine groups is 1. The van der Waals surface area contributed by atoms with Crippen LogP contribution in [0.15, 0.2) is 24.3 Å². The second-order valence-corrected chi connectivity index (χ2v) is 3.96. The fourth-order valence-corrected chi connectivity index (χ4v) is 1.93. The van der Waals surface area contributed by atoms with Gasteiger partial charge in [-0.25, -0.2) is 5.43 Å². The van der Waals surface area contributed by atoms with Crippen molar-refractivity contribution >= 4 is 5.91 Å². The van der Waals surface area contributed by atoms with Gasteiger partial charge in [-0.1, -0.05) is 24.3 Å². The topological polar surface area (TPSA) is 61.4 Å². The Hall–Kier alpha value is -1.39. The highest BCUT2D eigenvalue weighted by atomic mass is 16.3. The van der Waals surface area contributed by atoms with Crippen LogP contribution in [-0.4, -0.2) is 17.6 Å². The molecule has 4 heteroatoms. The molecular weight excluding hydrogens is 192 g/mol. The number of rotatable bonds is 2. The van der Waals surface area contributed by atoms with Gasteiger partial charge in [-0.3, -0.25) is 10.2 Å². The number of aliphatic hydroxyl groups is 1. The molecule has 0 aliphatic carbocycles. The Bertz CT molecular complexity index is 392. The molecule has 1 aliphatic heterocycles. The van der Waals surface area contributed by atoms with Crippen LogP contribution >= 0.6 is 0 Å². The molecule has 1 atom stereocenters. The summed E-state index contributed by atoms with van der Waals surface area (Å²) in [5.74, 6) is -0.0524. The van der Waals surface area contributed by atoms with Gasteiger partial charge in [0.25, 0.3) is 0 Å². The van der Waals surface area contributed by atoms with E-state index in [1.54, 1.807) is 0 Å². The normalized spacial score (nSPS) is 25.3. The maximum Gasteiger partial charge on any atom is 0.245 e. The highest BCUT2D eigenvalue weighted by Crippen LogP contribution is 2.28. The van der Waals surface area contributed by atoms with E-state index in [1.807, 2.05) is 31.2 Å². The maximum absolute atomic E-state index is 11.7. The first-order valence-electron chi connectivity index (χ1n) is 4.91. The van der Waals surface area contributed by atoms with Gasteiger partial charge in [-0.15, -0.1) is 0 Å². The van der Waals surface area contributed by atoms with Crippen LogP contribution in [0, 0.1) is 0 Å². The average molecular weight is 206 g/mol. The number of nitrogens with one attached hydrogen (secondary N) is 2. The van der Waals surface area contributed by atoms with Crippen LogP contribution in [0.3, 0.4) is 0 Å². The van der Waals surface area contributed by atoms with Gasteiger partial charge in [-0.2, -0.15) is 0 Å². The zero-order valence-electron chi connectivity index (χ0n) is 8.58. The van der Waals surface area contributed by atoms with Gasteiger partial charge in [0.2, 0.25) is 5.91 Å². The molecule has 0 radical (unpaired) electrons. The standard InChI is InChI=1S/C11H14N2O2/c1-11(7-12-13-10(11)15)9-5-3-2-4-8(9)6-14/h2-5,12,14H,6-7H2,1H3,(H,13,15). The summed E-state index contributed by atoms with van der Waals surface area (Å²) in [6.45, 7) is 2.37. The van der Waals surface area contributed by atoms with Crippen molar-refractivity contribution in [3.05, 3.63) is 35.4 Å². The predicted molar refractivity (Wildman–Crippen MR) is 55.9 cm³/mol. The third-order valence-electron chi connectivity index (χ3n) is 2.93. The molecule has 1 heterocycles. The number of hydrogen-bond acceptors (Lipinski definition) is 3. The summed E-state index contributed by atoms with van der Waals surface area (Å²) in [7, 11) is 0. The summed E-state index contributed by atoms with van der Waals surface area (Å²) < 4.78 is 0. The molecular formula is C11H14N2O2. The first kappa shape index (κ1) is 10.1. The van der Waals surface area contributed by atoms with Crippen molar-refractivity contribution in [1.82, 2.24) is 10.9 Å². The van der Waals surface area contributed by atoms with Crippen LogP contribution in [0.5, 0.6) is 0 Å². The zero-order chi connectivity index (χ0) is 10.9. The van der Waals surface area contributed by atoms with E-state index in [0.29, 0.717) is 6.54 Å². The van der Waals surface area contributed by atoms with E-state index < -0.39 is 5.41 Å². The van der Waals surface area contributed by atoms with Crippen molar-refractivity contribution in [3.8, 4) is 0 Å². The predicted octanol–water partition coefficient (Wildman–Crippen LogP) is 0.0710. The molecule has 0 spiro atoms. The maximum atomic E-state index is 11.7. The lowest BCUT2D eigenvalue weighted by Gasteiger charge is -2.22. The van der Waals surface area contributed by atoms with Crippen molar-refractivity contribution in [2.45, 2.75) is 18.9 Å². The molecule has 1 amide bonds. The molecule has 0 aromatic heterocycles. The van der Waals surface area contributed by atoms with Crippen LogP contribution in [0.2, 0.25) is 0 Å². The summed E-state index contributed by atoms with van der Waals surface area (Å²) in [6, 6.07) is 7.47. The highest BCUT2D eigenvalue weighted by Gasteiger charge is 2.40. The molecule has 0 bridgehead atoms. The highest BCUT2D eigenvalue weighted by molar-refractivity contribution is 5.89. The Balaban J connectivity index is 2.48. The van der Waals surface area contributed by atoms with E-state index in [0.717, 1.165) is 11.1 Å². The minimum Gasteiger partial charge on any atom is -0.392 e. The monoisotopic (exact) mass is 206 g/mol. The number of aliphatic hydroxyl groups excluding tert-OH is 1. The molecule has 4 nitrogen and oxygen atoms in total. The number of carbonyl (C=O) groups excluding carboxylic acids is 1. The molecule has 0 saturated carbocycles. The molecule has 2 rings (SSSR count). The molecule has 80 valence electrons. The third-order valence-corrected chi connectivity index (χ3v) is 2.93. The summed E-state index contributed by atoms with van der Waals surface area (Å²) in [6.07, 6.45) is 0. The molecule has 1 fully saturated rings. The van der Waals surface area contributed by atoms with Gasteiger partial charge in [-0.05, 0) is 18.1 Å². The van der Waals surface area contributed by atoms with Crippen molar-refractivity contribution in [2.24, 2.45) is 0 Å². The third kappa shape index (κ3) is 1.52. The summed E-state index contributed by atoms with van der Waals surface area (Å²) in [5.41, 5.74) is 6.53. The van der Waals surface area contributed by atoms with Gasteiger partial charge in [0.1, 0.15) is 0 Å². The van der Waals surface area contributed by atoms with Gasteiger partial charge in [0, 0.05) is 6.54 Å². The van der Waals surface area contributed by atoms with Crippen molar-refractivity contribution in [1.29, 1.82) is 0 Å². The van der Waals surface area contributed by atoms with E-state index >= 15 is 0 Å². The van der Waals surface area contributed by atoms with E-state index in [1.165, 1.54) is 0 Å². The van der Waals surface area contributed by atoms with E-state index in [-0.39, 0.29) is 12.5 Å². The largest absolute Gasteiger partial charge is 0.392 e. The minimum absolute atomic E-state index is 0.0426. The SMILES string of the molecule is CC1(c2ccccc2CO)CNNC1=O. The first-order chi connectivity index (χ1) is 7.18. The van der Waals surface area contributed by atoms with Gasteiger partial charge in [0.15, 0.2) is 0 Å². The van der Waals surface area contributed by atoms with Crippen LogP contribution in [0.1, 0.15) is 18.1 Å². The Labute approximate surface area is 88.3 Å². The quantitative estimate of drug-likeness (QED) is 0.641. The van der Waals surface area contributed by atoms with Crippen LogP contribution in [0.25, 0.3) is 0 Å². The van der Waals surface area contributed by atoms with Crippen molar-refractivity contribution in [3.63, 3.8) is 0 Å². The Morgan fingerprint density at radius 2 is 2.20 bits per heavy atom. The molecule has 1 aromatic rings. The molecule has 1 aromatic carbocycles. The van der Waals surface area contributed by atoms with E-state index in [9.17, 15) is 9.90 Å². The number of carbonyl (C=O) groups is 1. The molecule has 1 unspecified atom stereocenters. The molecule has 15 heavy (non-hydrogen) atoms. The fourth-order valence-electron chi connectivity index (χ4n) is 1.93. The molecule has 3 N–H and O–H groups in total. The summed E-state index contributed by atoms with van der Waals surface area (Å²) in [4.78, 5) is 11.7. The van der Waals surface area contributed by atoms with E-state index in [2.05, 4.69) is 10.9 Å². The summed E-state index contributed by atoms with van der Waals surface area (Å²) in [5, 5.41) is 9.23. The van der Waals surface area contributed by atoms with Crippen LogP contribution < -0.4 is 10.9 Å². The summed E-state index contributed by atoms with van der Waals surface area (Å²) >= 11 is 0.